The van der Waals surface area contributed by atoms with E-state index in [4.69, 9.17) is 0 Å². The van der Waals surface area contributed by atoms with Crippen molar-refractivity contribution < 1.29 is 5.11 Å². The van der Waals surface area contributed by atoms with Crippen molar-refractivity contribution >= 4 is 34.9 Å². The Morgan fingerprint density at radius 2 is 2.12 bits per heavy atom. The largest absolute Gasteiger partial charge is 0.389 e. The fourth-order valence-corrected chi connectivity index (χ4v) is 3.73. The van der Waals surface area contributed by atoms with Gasteiger partial charge in [-0.15, -0.1) is 10.2 Å². The monoisotopic (exact) mass is 285 g/mol. The normalized spacial score (nSPS) is 12.6. The van der Waals surface area contributed by atoms with Crippen LogP contribution in [0, 0.1) is 0 Å². The summed E-state index contributed by atoms with van der Waals surface area (Å²) in [5, 5.41) is 18.5. The van der Waals surface area contributed by atoms with E-state index in [-0.39, 0.29) is 0 Å². The van der Waals surface area contributed by atoms with Crippen molar-refractivity contribution in [2.45, 2.75) is 26.7 Å². The third kappa shape index (κ3) is 3.19. The molecular formula is C10H11N3OS3. The van der Waals surface area contributed by atoms with Crippen molar-refractivity contribution in [2.24, 2.45) is 0 Å². The first-order valence-corrected chi connectivity index (χ1v) is 7.75. The molecule has 1 atom stereocenters. The minimum absolute atomic E-state index is 0.529. The van der Waals surface area contributed by atoms with E-state index in [9.17, 15) is 5.11 Å². The predicted molar refractivity (Wildman–Crippen MR) is 70.7 cm³/mol. The molecule has 0 aromatic carbocycles. The van der Waals surface area contributed by atoms with Gasteiger partial charge in [0.05, 0.1) is 6.10 Å². The van der Waals surface area contributed by atoms with Gasteiger partial charge in [-0.3, -0.25) is 0 Å². The average Bonchev–Trinajstić information content (AvgIpc) is 2.77. The van der Waals surface area contributed by atoms with Crippen molar-refractivity contribution in [1.82, 2.24) is 15.2 Å². The number of aromatic nitrogens is 3. The zero-order chi connectivity index (χ0) is 12.3. The molecule has 0 aliphatic carbocycles. The Morgan fingerprint density at radius 1 is 1.35 bits per heavy atom. The van der Waals surface area contributed by atoms with Gasteiger partial charge >= 0.3 is 0 Å². The molecule has 0 unspecified atom stereocenters. The molecule has 7 heteroatoms. The van der Waals surface area contributed by atoms with Gasteiger partial charge in [-0.2, -0.15) is 0 Å². The van der Waals surface area contributed by atoms with Crippen molar-refractivity contribution in [2.75, 3.05) is 6.26 Å². The fourth-order valence-electron chi connectivity index (χ4n) is 1.21. The van der Waals surface area contributed by atoms with Gasteiger partial charge in [-0.25, -0.2) is 4.98 Å². The molecule has 90 valence electrons. The molecule has 0 aliphatic heterocycles. The molecule has 0 bridgehead atoms. The quantitative estimate of drug-likeness (QED) is 0.872. The summed E-state index contributed by atoms with van der Waals surface area (Å²) < 4.78 is 1.77. The Labute approximate surface area is 112 Å². The van der Waals surface area contributed by atoms with Crippen LogP contribution in [-0.2, 0) is 0 Å². The number of hydrogen-bond donors (Lipinski definition) is 1. The van der Waals surface area contributed by atoms with E-state index in [1.54, 1.807) is 24.9 Å². The highest BCUT2D eigenvalue weighted by atomic mass is 32.2. The summed E-state index contributed by atoms with van der Waals surface area (Å²) in [7, 11) is 0. The molecule has 1 N–H and O–H groups in total. The number of hydrogen-bond acceptors (Lipinski definition) is 7. The topological polar surface area (TPSA) is 58.9 Å². The van der Waals surface area contributed by atoms with Crippen LogP contribution in [0.1, 0.15) is 18.6 Å². The lowest BCUT2D eigenvalue weighted by Crippen LogP contribution is -1.95. The van der Waals surface area contributed by atoms with E-state index in [1.165, 1.54) is 23.1 Å². The molecule has 0 radical (unpaired) electrons. The van der Waals surface area contributed by atoms with E-state index < -0.39 is 6.10 Å². The molecule has 4 nitrogen and oxygen atoms in total. The maximum Gasteiger partial charge on any atom is 0.181 e. The van der Waals surface area contributed by atoms with Crippen molar-refractivity contribution in [1.29, 1.82) is 0 Å². The lowest BCUT2D eigenvalue weighted by atomic mass is 10.2. The number of aliphatic hydroxyl groups is 1. The summed E-state index contributed by atoms with van der Waals surface area (Å²) in [6.07, 6.45) is 3.15. The highest BCUT2D eigenvalue weighted by Gasteiger charge is 2.12. The molecule has 0 saturated heterocycles. The van der Waals surface area contributed by atoms with Crippen molar-refractivity contribution in [3.8, 4) is 0 Å². The van der Waals surface area contributed by atoms with Crippen LogP contribution in [0.4, 0.5) is 0 Å². The van der Waals surface area contributed by atoms with Gasteiger partial charge in [0.2, 0.25) is 0 Å². The molecule has 2 aromatic rings. The summed E-state index contributed by atoms with van der Waals surface area (Å²) in [6, 6.07) is 3.69. The Bertz CT molecular complexity index is 501. The highest BCUT2D eigenvalue weighted by molar-refractivity contribution is 8.03. The molecule has 17 heavy (non-hydrogen) atoms. The van der Waals surface area contributed by atoms with Crippen LogP contribution in [0.15, 0.2) is 32.0 Å². The smallest absolute Gasteiger partial charge is 0.181 e. The zero-order valence-electron chi connectivity index (χ0n) is 9.32. The van der Waals surface area contributed by atoms with Gasteiger partial charge < -0.3 is 5.11 Å². The predicted octanol–water partition coefficient (Wildman–Crippen LogP) is 2.86. The maximum absolute atomic E-state index is 9.64. The maximum atomic E-state index is 9.64. The molecule has 0 fully saturated rings. The van der Waals surface area contributed by atoms with Crippen LogP contribution in [-0.4, -0.2) is 26.5 Å². The molecule has 2 rings (SSSR count). The third-order valence-electron chi connectivity index (χ3n) is 2.00. The molecule has 2 heterocycles. The van der Waals surface area contributed by atoms with Gasteiger partial charge in [0.1, 0.15) is 5.03 Å². The lowest BCUT2D eigenvalue weighted by Gasteiger charge is -2.08. The second kappa shape index (κ2) is 5.81. The number of aliphatic hydroxyl groups excluding tert-OH is 1. The summed E-state index contributed by atoms with van der Waals surface area (Å²) in [6.45, 7) is 1.73. The molecule has 0 aliphatic rings. The molecule has 0 amide bonds. The van der Waals surface area contributed by atoms with Gasteiger partial charge in [0.15, 0.2) is 8.68 Å². The van der Waals surface area contributed by atoms with Crippen LogP contribution in [0.25, 0.3) is 0 Å². The molecule has 0 saturated carbocycles. The summed E-state index contributed by atoms with van der Waals surface area (Å²) in [5.41, 5.74) is 0.818. The Kier molecular flexibility index (Phi) is 4.38. The Hall–Kier alpha value is -0.630. The van der Waals surface area contributed by atoms with Crippen LogP contribution in [0.2, 0.25) is 0 Å². The Balaban J connectivity index is 2.23. The second-order valence-electron chi connectivity index (χ2n) is 3.21. The highest BCUT2D eigenvalue weighted by Crippen LogP contribution is 2.34. The number of nitrogens with zero attached hydrogens (tertiary/aromatic N) is 3. The minimum atomic E-state index is -0.529. The second-order valence-corrected chi connectivity index (χ2v) is 6.48. The first-order chi connectivity index (χ1) is 8.20. The molecule has 0 spiro atoms. The minimum Gasteiger partial charge on any atom is -0.389 e. The van der Waals surface area contributed by atoms with Crippen LogP contribution >= 0.6 is 34.9 Å². The van der Waals surface area contributed by atoms with E-state index >= 15 is 0 Å². The van der Waals surface area contributed by atoms with E-state index in [2.05, 4.69) is 15.2 Å². The SMILES string of the molecule is CSc1nnc(Sc2ncccc2[C@H](C)O)s1. The van der Waals surface area contributed by atoms with E-state index in [0.717, 1.165) is 19.3 Å². The van der Waals surface area contributed by atoms with Crippen LogP contribution in [0.3, 0.4) is 0 Å². The van der Waals surface area contributed by atoms with E-state index in [0.29, 0.717) is 0 Å². The third-order valence-corrected chi connectivity index (χ3v) is 4.98. The van der Waals surface area contributed by atoms with Crippen molar-refractivity contribution in [3.63, 3.8) is 0 Å². The number of thioether (sulfide) groups is 1. The van der Waals surface area contributed by atoms with Gasteiger partial charge in [-0.1, -0.05) is 29.2 Å². The summed E-state index contributed by atoms with van der Waals surface area (Å²) >= 11 is 4.54. The lowest BCUT2D eigenvalue weighted by molar-refractivity contribution is 0.195. The van der Waals surface area contributed by atoms with Crippen LogP contribution in [0.5, 0.6) is 0 Å². The Morgan fingerprint density at radius 3 is 2.76 bits per heavy atom. The fraction of sp³-hybridized carbons (Fsp3) is 0.300. The zero-order valence-corrected chi connectivity index (χ0v) is 11.8. The molecular weight excluding hydrogens is 274 g/mol. The first kappa shape index (κ1) is 12.8. The summed E-state index contributed by atoms with van der Waals surface area (Å²) in [4.78, 5) is 4.27. The van der Waals surface area contributed by atoms with Crippen LogP contribution < -0.4 is 0 Å². The number of pyridine rings is 1. The van der Waals surface area contributed by atoms with Gasteiger partial charge in [0.25, 0.3) is 0 Å². The van der Waals surface area contributed by atoms with Gasteiger partial charge in [0, 0.05) is 11.8 Å². The van der Waals surface area contributed by atoms with E-state index in [1.807, 2.05) is 18.4 Å². The number of rotatable bonds is 4. The first-order valence-electron chi connectivity index (χ1n) is 4.89. The average molecular weight is 285 g/mol. The van der Waals surface area contributed by atoms with Crippen molar-refractivity contribution in [3.05, 3.63) is 23.9 Å². The standard InChI is InChI=1S/C10H11N3OS3/c1-6(14)7-4-3-5-11-8(7)16-10-13-12-9(15-2)17-10/h3-6,14H,1-2H3/t6-/m0/s1. The molecule has 2 aromatic heterocycles. The van der Waals surface area contributed by atoms with Gasteiger partial charge in [-0.05, 0) is 31.0 Å². The summed E-state index contributed by atoms with van der Waals surface area (Å²) in [5.74, 6) is 0.